The molecule has 0 bridgehead atoms. The van der Waals surface area contributed by atoms with Gasteiger partial charge in [0.1, 0.15) is 16.6 Å². The van der Waals surface area contributed by atoms with E-state index in [9.17, 15) is 8.42 Å². The number of hydrogen-bond donors (Lipinski definition) is 1. The summed E-state index contributed by atoms with van der Waals surface area (Å²) in [6, 6.07) is 13.1. The summed E-state index contributed by atoms with van der Waals surface area (Å²) in [5, 5.41) is -0.802. The van der Waals surface area contributed by atoms with Crippen molar-refractivity contribution in [2.24, 2.45) is 10.7 Å². The predicted octanol–water partition coefficient (Wildman–Crippen LogP) is 0.911. The molecule has 1 unspecified atom stereocenters. The third kappa shape index (κ3) is 3.16. The van der Waals surface area contributed by atoms with Gasteiger partial charge in [0.05, 0.1) is 20.3 Å². The maximum absolute atomic E-state index is 13.3. The molecule has 1 fully saturated rings. The van der Waals surface area contributed by atoms with Crippen LogP contribution in [0.3, 0.4) is 0 Å². The monoisotopic (exact) mass is 431 g/mol. The number of guanidine groups is 1. The van der Waals surface area contributed by atoms with Crippen LogP contribution in [0.5, 0.6) is 5.88 Å². The van der Waals surface area contributed by atoms with Crippen molar-refractivity contribution in [2.45, 2.75) is 17.4 Å². The molecule has 3 heterocycles. The van der Waals surface area contributed by atoms with Gasteiger partial charge in [-0.05, 0) is 17.2 Å². The minimum Gasteiger partial charge on any atom is -0.481 e. The highest BCUT2D eigenvalue weighted by molar-refractivity contribution is 7.90. The largest absolute Gasteiger partial charge is 0.481 e. The lowest BCUT2D eigenvalue weighted by Gasteiger charge is -2.38. The molecule has 2 atom stereocenters. The minimum absolute atomic E-state index is 0.0179. The molecule has 0 radical (unpaired) electrons. The van der Waals surface area contributed by atoms with Crippen LogP contribution in [-0.4, -0.2) is 63.3 Å². The second-order valence-electron chi connectivity index (χ2n) is 7.45. The smallest absolute Gasteiger partial charge is 0.244 e. The van der Waals surface area contributed by atoms with Gasteiger partial charge in [-0.15, -0.1) is 0 Å². The number of benzene rings is 1. The van der Waals surface area contributed by atoms with Crippen LogP contribution in [0.1, 0.15) is 11.1 Å². The normalized spacial score (nSPS) is 25.0. The SMILES string of the molecule is COCc1cc(OC)nc(N2CC3[C@](c4ccccc4)(C2)N=C(N)N(C)S3(=O)=O)c1. The number of methoxy groups -OCH3 is 2. The number of aliphatic imine (C=N–C) groups is 1. The number of nitrogens with zero attached hydrogens (tertiary/aromatic N) is 4. The maximum atomic E-state index is 13.3. The van der Waals surface area contributed by atoms with E-state index < -0.39 is 20.8 Å². The number of anilines is 1. The van der Waals surface area contributed by atoms with Gasteiger partial charge in [0.15, 0.2) is 0 Å². The summed E-state index contributed by atoms with van der Waals surface area (Å²) in [5.41, 5.74) is 6.71. The van der Waals surface area contributed by atoms with Crippen molar-refractivity contribution in [3.05, 3.63) is 53.6 Å². The molecule has 2 aliphatic heterocycles. The van der Waals surface area contributed by atoms with Crippen LogP contribution in [0.25, 0.3) is 0 Å². The molecular weight excluding hydrogens is 406 g/mol. The van der Waals surface area contributed by atoms with E-state index in [1.54, 1.807) is 20.3 Å². The Morgan fingerprint density at radius 1 is 1.23 bits per heavy atom. The van der Waals surface area contributed by atoms with Crippen LogP contribution < -0.4 is 15.4 Å². The molecule has 160 valence electrons. The third-order valence-electron chi connectivity index (χ3n) is 5.69. The highest BCUT2D eigenvalue weighted by atomic mass is 32.2. The zero-order chi connectivity index (χ0) is 21.5. The average molecular weight is 432 g/mol. The Kier molecular flexibility index (Phi) is 5.07. The first kappa shape index (κ1) is 20.4. The number of pyridine rings is 1. The average Bonchev–Trinajstić information content (AvgIpc) is 3.15. The summed E-state index contributed by atoms with van der Waals surface area (Å²) in [5.74, 6) is 1.03. The number of hydrogen-bond acceptors (Lipinski definition) is 8. The second kappa shape index (κ2) is 7.44. The molecule has 30 heavy (non-hydrogen) atoms. The van der Waals surface area contributed by atoms with Crippen molar-refractivity contribution < 1.29 is 17.9 Å². The second-order valence-corrected chi connectivity index (χ2v) is 9.60. The molecule has 4 rings (SSSR count). The zero-order valence-corrected chi connectivity index (χ0v) is 18.0. The Morgan fingerprint density at radius 3 is 2.63 bits per heavy atom. The van der Waals surface area contributed by atoms with Crippen LogP contribution in [0.15, 0.2) is 47.5 Å². The van der Waals surface area contributed by atoms with Crippen molar-refractivity contribution in [1.82, 2.24) is 9.29 Å². The van der Waals surface area contributed by atoms with Crippen LogP contribution in [0.4, 0.5) is 5.82 Å². The number of sulfonamides is 1. The molecule has 2 N–H and O–H groups in total. The van der Waals surface area contributed by atoms with Crippen molar-refractivity contribution >= 4 is 21.8 Å². The standard InChI is InChI=1S/C20H25N5O4S/c1-24-19(21)23-20(15-7-5-4-6-8-15)13-25(11-16(20)30(24,26)27)17-9-14(12-28-2)10-18(22-17)29-3/h4-10,16H,11-13H2,1-3H3,(H2,21,23)/t16?,20-/m1/s1. The fourth-order valence-corrected chi connectivity index (χ4v) is 5.96. The summed E-state index contributed by atoms with van der Waals surface area (Å²) in [7, 11) is 0.874. The van der Waals surface area contributed by atoms with Gasteiger partial charge in [0.25, 0.3) is 0 Å². The fraction of sp³-hybridized carbons (Fsp3) is 0.400. The van der Waals surface area contributed by atoms with E-state index in [2.05, 4.69) is 4.98 Å². The van der Waals surface area contributed by atoms with E-state index in [-0.39, 0.29) is 12.5 Å². The molecule has 1 aromatic carbocycles. The van der Waals surface area contributed by atoms with Crippen LogP contribution in [0, 0.1) is 0 Å². The van der Waals surface area contributed by atoms with Crippen molar-refractivity contribution in [2.75, 3.05) is 39.3 Å². The molecule has 0 amide bonds. The van der Waals surface area contributed by atoms with Gasteiger partial charge in [-0.25, -0.2) is 17.7 Å². The number of rotatable bonds is 5. The lowest BCUT2D eigenvalue weighted by Crippen LogP contribution is -2.56. The fourth-order valence-electron chi connectivity index (χ4n) is 4.16. The minimum atomic E-state index is -3.72. The number of aromatic nitrogens is 1. The Morgan fingerprint density at radius 2 is 1.97 bits per heavy atom. The van der Waals surface area contributed by atoms with E-state index in [1.807, 2.05) is 41.3 Å². The Balaban J connectivity index is 1.85. The number of fused-ring (bicyclic) bond motifs is 1. The summed E-state index contributed by atoms with van der Waals surface area (Å²) in [6.45, 7) is 0.937. The van der Waals surface area contributed by atoms with Gasteiger partial charge < -0.3 is 20.1 Å². The van der Waals surface area contributed by atoms with Crippen molar-refractivity contribution in [3.8, 4) is 5.88 Å². The highest BCUT2D eigenvalue weighted by Gasteiger charge is 2.58. The quantitative estimate of drug-likeness (QED) is 0.749. The predicted molar refractivity (Wildman–Crippen MR) is 114 cm³/mol. The molecule has 10 heteroatoms. The van der Waals surface area contributed by atoms with Gasteiger partial charge in [0, 0.05) is 26.8 Å². The van der Waals surface area contributed by atoms with Crippen LogP contribution in [-0.2, 0) is 26.9 Å². The Bertz CT molecular complexity index is 1080. The van der Waals surface area contributed by atoms with E-state index in [0.717, 1.165) is 15.4 Å². The van der Waals surface area contributed by atoms with Crippen LogP contribution >= 0.6 is 0 Å². The van der Waals surface area contributed by atoms with Gasteiger partial charge in [0.2, 0.25) is 21.9 Å². The third-order valence-corrected chi connectivity index (χ3v) is 7.90. The first-order valence-electron chi connectivity index (χ1n) is 9.49. The van der Waals surface area contributed by atoms with Crippen molar-refractivity contribution in [3.63, 3.8) is 0 Å². The van der Waals surface area contributed by atoms with Crippen LogP contribution in [0.2, 0.25) is 0 Å². The van der Waals surface area contributed by atoms with Gasteiger partial charge in [-0.1, -0.05) is 30.3 Å². The lowest BCUT2D eigenvalue weighted by atomic mass is 9.89. The number of ether oxygens (including phenoxy) is 2. The summed E-state index contributed by atoms with van der Waals surface area (Å²) < 4.78 is 38.3. The summed E-state index contributed by atoms with van der Waals surface area (Å²) in [6.07, 6.45) is 0. The number of nitrogens with two attached hydrogens (primary N) is 1. The molecule has 1 aromatic heterocycles. The van der Waals surface area contributed by atoms with E-state index >= 15 is 0 Å². The van der Waals surface area contributed by atoms with E-state index in [1.165, 1.54) is 7.05 Å². The molecule has 2 aromatic rings. The zero-order valence-electron chi connectivity index (χ0n) is 17.1. The van der Waals surface area contributed by atoms with Crippen molar-refractivity contribution in [1.29, 1.82) is 0 Å². The topological polar surface area (TPSA) is 110 Å². The molecule has 0 aliphatic carbocycles. The maximum Gasteiger partial charge on any atom is 0.244 e. The lowest BCUT2D eigenvalue weighted by molar-refractivity contribution is 0.184. The Labute approximate surface area is 176 Å². The van der Waals surface area contributed by atoms with Gasteiger partial charge in [-0.3, -0.25) is 0 Å². The first-order chi connectivity index (χ1) is 14.3. The molecule has 0 saturated carbocycles. The molecular formula is C20H25N5O4S. The first-order valence-corrected chi connectivity index (χ1v) is 11.0. The molecule has 2 aliphatic rings. The summed E-state index contributed by atoms with van der Waals surface area (Å²) >= 11 is 0. The Hall–Kier alpha value is -2.85. The van der Waals surface area contributed by atoms with Gasteiger partial charge >= 0.3 is 0 Å². The van der Waals surface area contributed by atoms with E-state index in [4.69, 9.17) is 20.2 Å². The molecule has 9 nitrogen and oxygen atoms in total. The molecule has 0 spiro atoms. The van der Waals surface area contributed by atoms with Gasteiger partial charge in [-0.2, -0.15) is 4.98 Å². The summed E-state index contributed by atoms with van der Waals surface area (Å²) in [4.78, 5) is 11.2. The highest BCUT2D eigenvalue weighted by Crippen LogP contribution is 2.44. The van der Waals surface area contributed by atoms with E-state index in [0.29, 0.717) is 24.8 Å². The molecule has 1 saturated heterocycles.